The molecular weight excluding hydrogens is 263 g/mol. The Labute approximate surface area is 86.6 Å². The molecule has 1 aromatic carbocycles. The van der Waals surface area contributed by atoms with E-state index in [1.54, 1.807) is 0 Å². The minimum absolute atomic E-state index is 0.338. The quantitative estimate of drug-likeness (QED) is 0.501. The average Bonchev–Trinajstić information content (AvgIpc) is 2.09. The van der Waals surface area contributed by atoms with Gasteiger partial charge in [-0.05, 0) is 53.6 Å². The molecule has 0 amide bonds. The minimum atomic E-state index is 0.338. The Morgan fingerprint density at radius 1 is 1.42 bits per heavy atom. The monoisotopic (exact) mass is 276 g/mol. The Bertz CT molecular complexity index is 233. The molecule has 0 heterocycles. The maximum Gasteiger partial charge on any atom is 0.0222 e. The molecule has 0 radical (unpaired) electrons. The Morgan fingerprint density at radius 2 is 2.00 bits per heavy atom. The summed E-state index contributed by atoms with van der Waals surface area (Å²) in [4.78, 5) is 0. The minimum Gasteiger partial charge on any atom is -0.271 e. The molecule has 12 heavy (non-hydrogen) atoms. The molecule has 1 unspecified atom stereocenters. The van der Waals surface area contributed by atoms with Crippen LogP contribution < -0.4 is 11.3 Å². The van der Waals surface area contributed by atoms with Gasteiger partial charge in [-0.15, -0.1) is 0 Å². The first-order valence-electron chi connectivity index (χ1n) is 3.93. The van der Waals surface area contributed by atoms with Gasteiger partial charge in [0.15, 0.2) is 0 Å². The first kappa shape index (κ1) is 9.95. The average molecular weight is 276 g/mol. The van der Waals surface area contributed by atoms with E-state index in [1.165, 1.54) is 9.13 Å². The van der Waals surface area contributed by atoms with Gasteiger partial charge in [0.1, 0.15) is 0 Å². The zero-order chi connectivity index (χ0) is 8.97. The van der Waals surface area contributed by atoms with Gasteiger partial charge in [0.25, 0.3) is 0 Å². The summed E-state index contributed by atoms with van der Waals surface area (Å²) < 4.78 is 1.27. The number of rotatable bonds is 3. The van der Waals surface area contributed by atoms with Gasteiger partial charge in [-0.1, -0.05) is 12.1 Å². The van der Waals surface area contributed by atoms with Crippen LogP contribution in [0.4, 0.5) is 0 Å². The van der Waals surface area contributed by atoms with E-state index in [2.05, 4.69) is 59.2 Å². The fourth-order valence-electron chi connectivity index (χ4n) is 1.03. The molecule has 1 rings (SSSR count). The number of benzene rings is 1. The van der Waals surface area contributed by atoms with Gasteiger partial charge in [0.2, 0.25) is 0 Å². The molecule has 1 aromatic rings. The van der Waals surface area contributed by atoms with Crippen LogP contribution in [0.2, 0.25) is 0 Å². The predicted octanol–water partition coefficient (Wildman–Crippen LogP) is 1.69. The second kappa shape index (κ2) is 4.79. The van der Waals surface area contributed by atoms with Gasteiger partial charge in [-0.2, -0.15) is 0 Å². The number of hydrogen-bond donors (Lipinski definition) is 2. The Morgan fingerprint density at radius 3 is 2.50 bits per heavy atom. The van der Waals surface area contributed by atoms with Gasteiger partial charge in [0, 0.05) is 9.61 Å². The third kappa shape index (κ3) is 3.08. The molecule has 0 saturated carbocycles. The predicted molar refractivity (Wildman–Crippen MR) is 59.6 cm³/mol. The lowest BCUT2D eigenvalue weighted by Crippen LogP contribution is -2.33. The van der Waals surface area contributed by atoms with Crippen LogP contribution >= 0.6 is 22.6 Å². The molecule has 0 fully saturated rings. The number of nitrogens with two attached hydrogens (primary N) is 1. The zero-order valence-corrected chi connectivity index (χ0v) is 9.21. The fraction of sp³-hybridized carbons (Fsp3) is 0.333. The van der Waals surface area contributed by atoms with Crippen LogP contribution in [-0.4, -0.2) is 6.04 Å². The molecule has 0 aliphatic rings. The zero-order valence-electron chi connectivity index (χ0n) is 7.05. The Balaban J connectivity index is 2.58. The number of hydrazine groups is 1. The summed E-state index contributed by atoms with van der Waals surface area (Å²) >= 11 is 2.30. The summed E-state index contributed by atoms with van der Waals surface area (Å²) in [6.07, 6.45) is 0.980. The summed E-state index contributed by atoms with van der Waals surface area (Å²) in [5.74, 6) is 5.30. The second-order valence-corrected chi connectivity index (χ2v) is 4.14. The summed E-state index contributed by atoms with van der Waals surface area (Å²) in [5, 5.41) is 0. The highest BCUT2D eigenvalue weighted by molar-refractivity contribution is 14.1. The lowest BCUT2D eigenvalue weighted by Gasteiger charge is -2.09. The molecule has 0 aromatic heterocycles. The van der Waals surface area contributed by atoms with Crippen molar-refractivity contribution >= 4 is 22.6 Å². The fourth-order valence-corrected chi connectivity index (χ4v) is 1.39. The molecule has 0 bridgehead atoms. The van der Waals surface area contributed by atoms with Crippen molar-refractivity contribution in [1.29, 1.82) is 0 Å². The SMILES string of the molecule is CC(Cc1ccc(I)cc1)NN. The van der Waals surface area contributed by atoms with Crippen molar-refractivity contribution in [3.8, 4) is 0 Å². The molecular formula is C9H13IN2. The van der Waals surface area contributed by atoms with E-state index in [1.807, 2.05) is 0 Å². The molecule has 0 aliphatic carbocycles. The first-order valence-corrected chi connectivity index (χ1v) is 5.01. The Kier molecular flexibility index (Phi) is 3.97. The van der Waals surface area contributed by atoms with Gasteiger partial charge in [-0.3, -0.25) is 11.3 Å². The highest BCUT2D eigenvalue weighted by Crippen LogP contribution is 2.08. The largest absolute Gasteiger partial charge is 0.271 e. The number of hydrogen-bond acceptors (Lipinski definition) is 2. The molecule has 0 saturated heterocycles. The van der Waals surface area contributed by atoms with Crippen molar-refractivity contribution in [2.45, 2.75) is 19.4 Å². The molecule has 3 N–H and O–H groups in total. The van der Waals surface area contributed by atoms with E-state index in [9.17, 15) is 0 Å². The molecule has 0 aliphatic heterocycles. The van der Waals surface area contributed by atoms with E-state index in [0.717, 1.165) is 6.42 Å². The highest BCUT2D eigenvalue weighted by atomic mass is 127. The van der Waals surface area contributed by atoms with Crippen LogP contribution in [0.25, 0.3) is 0 Å². The van der Waals surface area contributed by atoms with E-state index in [0.29, 0.717) is 6.04 Å². The van der Waals surface area contributed by atoms with Crippen molar-refractivity contribution in [2.75, 3.05) is 0 Å². The van der Waals surface area contributed by atoms with Crippen LogP contribution in [-0.2, 0) is 6.42 Å². The molecule has 1 atom stereocenters. The molecule has 3 heteroatoms. The smallest absolute Gasteiger partial charge is 0.0222 e. The van der Waals surface area contributed by atoms with Crippen LogP contribution in [0, 0.1) is 3.57 Å². The summed E-state index contributed by atoms with van der Waals surface area (Å²) in [7, 11) is 0. The standard InChI is InChI=1S/C9H13IN2/c1-7(12-11)6-8-2-4-9(10)5-3-8/h2-5,7,12H,6,11H2,1H3. The molecule has 66 valence electrons. The van der Waals surface area contributed by atoms with Gasteiger partial charge in [-0.25, -0.2) is 0 Å². The third-order valence-electron chi connectivity index (χ3n) is 1.74. The van der Waals surface area contributed by atoms with Crippen molar-refractivity contribution in [2.24, 2.45) is 5.84 Å². The van der Waals surface area contributed by atoms with E-state index < -0.39 is 0 Å². The molecule has 2 nitrogen and oxygen atoms in total. The lowest BCUT2D eigenvalue weighted by molar-refractivity contribution is 0.568. The summed E-state index contributed by atoms with van der Waals surface area (Å²) in [5.41, 5.74) is 4.05. The van der Waals surface area contributed by atoms with Gasteiger partial charge < -0.3 is 0 Å². The van der Waals surface area contributed by atoms with Crippen molar-refractivity contribution in [3.63, 3.8) is 0 Å². The maximum atomic E-state index is 5.30. The van der Waals surface area contributed by atoms with Crippen LogP contribution in [0.1, 0.15) is 12.5 Å². The maximum absolute atomic E-state index is 5.30. The lowest BCUT2D eigenvalue weighted by atomic mass is 10.1. The van der Waals surface area contributed by atoms with Crippen LogP contribution in [0.3, 0.4) is 0 Å². The van der Waals surface area contributed by atoms with Gasteiger partial charge in [0.05, 0.1) is 0 Å². The van der Waals surface area contributed by atoms with E-state index in [-0.39, 0.29) is 0 Å². The van der Waals surface area contributed by atoms with Gasteiger partial charge >= 0.3 is 0 Å². The highest BCUT2D eigenvalue weighted by Gasteiger charge is 1.99. The van der Waals surface area contributed by atoms with Crippen LogP contribution in [0.15, 0.2) is 24.3 Å². The van der Waals surface area contributed by atoms with Crippen LogP contribution in [0.5, 0.6) is 0 Å². The first-order chi connectivity index (χ1) is 5.72. The molecule has 0 spiro atoms. The van der Waals surface area contributed by atoms with Crippen molar-refractivity contribution in [3.05, 3.63) is 33.4 Å². The van der Waals surface area contributed by atoms with Crippen molar-refractivity contribution < 1.29 is 0 Å². The third-order valence-corrected chi connectivity index (χ3v) is 2.46. The van der Waals surface area contributed by atoms with E-state index in [4.69, 9.17) is 5.84 Å². The normalized spacial score (nSPS) is 12.9. The number of halogens is 1. The topological polar surface area (TPSA) is 38.0 Å². The second-order valence-electron chi connectivity index (χ2n) is 2.90. The summed E-state index contributed by atoms with van der Waals surface area (Å²) in [6.45, 7) is 2.07. The Hall–Kier alpha value is -0.130. The summed E-state index contributed by atoms with van der Waals surface area (Å²) in [6, 6.07) is 8.83. The number of nitrogens with one attached hydrogen (secondary N) is 1. The van der Waals surface area contributed by atoms with Crippen molar-refractivity contribution in [1.82, 2.24) is 5.43 Å². The van der Waals surface area contributed by atoms with E-state index >= 15 is 0 Å².